The van der Waals surface area contributed by atoms with Gasteiger partial charge in [0.1, 0.15) is 24.0 Å². The average Bonchev–Trinajstić information content (AvgIpc) is 2.84. The van der Waals surface area contributed by atoms with Crippen molar-refractivity contribution in [2.75, 3.05) is 13.1 Å². The van der Waals surface area contributed by atoms with Crippen LogP contribution in [0.15, 0.2) is 48.5 Å². The summed E-state index contributed by atoms with van der Waals surface area (Å²) in [7, 11) is 0. The lowest BCUT2D eigenvalue weighted by atomic mass is 10.1. The van der Waals surface area contributed by atoms with Gasteiger partial charge >= 0.3 is 18.2 Å². The van der Waals surface area contributed by atoms with E-state index in [1.807, 2.05) is 0 Å². The standard InChI is InChI=1S/C26H31N3O9/c1-26(2,3)38-24(34)28-12-11-27-22(31)19-6-4-5-18(13-19)15-37-20-9-7-17(8-10-20)14-21(23(32)33)29(16-30)25(35)36/h4-10,13,16,21H,11-12,14-15H2,1-3H3,(H,27,31)(H,28,34)(H,32,33)(H,35,36). The maximum Gasteiger partial charge on any atom is 0.414 e. The van der Waals surface area contributed by atoms with Crippen LogP contribution in [0.4, 0.5) is 9.59 Å². The first-order valence-electron chi connectivity index (χ1n) is 11.6. The Bertz CT molecular complexity index is 1140. The molecule has 4 amide bonds. The molecule has 0 aliphatic carbocycles. The molecule has 204 valence electrons. The molecule has 0 heterocycles. The smallest absolute Gasteiger partial charge is 0.414 e. The summed E-state index contributed by atoms with van der Waals surface area (Å²) < 4.78 is 10.9. The zero-order chi connectivity index (χ0) is 28.3. The number of ether oxygens (including phenoxy) is 2. The number of amides is 4. The summed E-state index contributed by atoms with van der Waals surface area (Å²) in [5.41, 5.74) is 1.03. The number of hydrogen-bond acceptors (Lipinski definition) is 7. The van der Waals surface area contributed by atoms with Crippen molar-refractivity contribution in [2.24, 2.45) is 0 Å². The Hall–Kier alpha value is -4.61. The van der Waals surface area contributed by atoms with E-state index >= 15 is 0 Å². The first-order valence-corrected chi connectivity index (χ1v) is 11.6. The second kappa shape index (κ2) is 13.6. The molecule has 0 saturated carbocycles. The van der Waals surface area contributed by atoms with Gasteiger partial charge in [0.2, 0.25) is 6.41 Å². The van der Waals surface area contributed by atoms with Crippen molar-refractivity contribution in [3.63, 3.8) is 0 Å². The number of aliphatic carboxylic acids is 1. The Kier molecular flexibility index (Phi) is 10.6. The molecular weight excluding hydrogens is 498 g/mol. The molecule has 0 fully saturated rings. The van der Waals surface area contributed by atoms with E-state index in [1.165, 1.54) is 0 Å². The van der Waals surface area contributed by atoms with Crippen LogP contribution in [-0.4, -0.2) is 70.3 Å². The number of carbonyl (C=O) groups excluding carboxylic acids is 3. The highest BCUT2D eigenvalue weighted by atomic mass is 16.6. The van der Waals surface area contributed by atoms with Crippen molar-refractivity contribution in [2.45, 2.75) is 45.4 Å². The SMILES string of the molecule is CC(C)(C)OC(=O)NCCNC(=O)c1cccc(COc2ccc(CC(C(=O)O)N(C=O)C(=O)O)cc2)c1. The third-order valence-corrected chi connectivity index (χ3v) is 4.98. The van der Waals surface area contributed by atoms with Crippen LogP contribution in [0.2, 0.25) is 0 Å². The van der Waals surface area contributed by atoms with E-state index in [-0.39, 0.29) is 43.3 Å². The maximum absolute atomic E-state index is 12.4. The van der Waals surface area contributed by atoms with Crippen molar-refractivity contribution in [3.8, 4) is 5.75 Å². The fraction of sp³-hybridized carbons (Fsp3) is 0.346. The molecule has 0 bridgehead atoms. The molecule has 1 unspecified atom stereocenters. The summed E-state index contributed by atoms with van der Waals surface area (Å²) in [6.07, 6.45) is -2.46. The normalized spacial score (nSPS) is 11.6. The Balaban J connectivity index is 1.87. The topological polar surface area (TPSA) is 172 Å². The highest BCUT2D eigenvalue weighted by molar-refractivity contribution is 5.94. The molecule has 0 aliphatic rings. The second-order valence-corrected chi connectivity index (χ2v) is 9.17. The van der Waals surface area contributed by atoms with Crippen molar-refractivity contribution >= 4 is 30.5 Å². The van der Waals surface area contributed by atoms with Gasteiger partial charge in [-0.3, -0.25) is 9.59 Å². The number of carboxylic acids is 1. The lowest BCUT2D eigenvalue weighted by Crippen LogP contribution is -2.44. The molecule has 0 aliphatic heterocycles. The van der Waals surface area contributed by atoms with Gasteiger partial charge < -0.3 is 30.3 Å². The lowest BCUT2D eigenvalue weighted by molar-refractivity contribution is -0.145. The van der Waals surface area contributed by atoms with E-state index < -0.39 is 29.8 Å². The van der Waals surface area contributed by atoms with Gasteiger partial charge in [0, 0.05) is 25.1 Å². The van der Waals surface area contributed by atoms with Gasteiger partial charge in [0.25, 0.3) is 5.91 Å². The van der Waals surface area contributed by atoms with E-state index in [4.69, 9.17) is 14.6 Å². The third-order valence-electron chi connectivity index (χ3n) is 4.98. The van der Waals surface area contributed by atoms with Crippen LogP contribution >= 0.6 is 0 Å². The summed E-state index contributed by atoms with van der Waals surface area (Å²) in [4.78, 5) is 57.8. The molecule has 12 heteroatoms. The molecule has 0 spiro atoms. The molecule has 38 heavy (non-hydrogen) atoms. The number of hydrogen-bond donors (Lipinski definition) is 4. The number of alkyl carbamates (subject to hydrolysis) is 1. The number of imide groups is 1. The Morgan fingerprint density at radius 2 is 1.63 bits per heavy atom. The van der Waals surface area contributed by atoms with Crippen molar-refractivity contribution in [3.05, 3.63) is 65.2 Å². The quantitative estimate of drug-likeness (QED) is 0.238. The van der Waals surface area contributed by atoms with Gasteiger partial charge in [-0.2, -0.15) is 0 Å². The Labute approximate surface area is 219 Å². The first-order chi connectivity index (χ1) is 17.9. The van der Waals surface area contributed by atoms with Crippen LogP contribution in [0.5, 0.6) is 5.75 Å². The molecule has 2 rings (SSSR count). The largest absolute Gasteiger partial charge is 0.489 e. The maximum atomic E-state index is 12.4. The molecule has 0 aromatic heterocycles. The van der Waals surface area contributed by atoms with Gasteiger partial charge in [-0.1, -0.05) is 24.3 Å². The molecule has 12 nitrogen and oxygen atoms in total. The van der Waals surface area contributed by atoms with E-state index in [2.05, 4.69) is 10.6 Å². The molecule has 2 aromatic carbocycles. The fourth-order valence-electron chi connectivity index (χ4n) is 3.23. The highest BCUT2D eigenvalue weighted by Crippen LogP contribution is 2.17. The number of carbonyl (C=O) groups is 5. The molecule has 0 saturated heterocycles. The summed E-state index contributed by atoms with van der Waals surface area (Å²) >= 11 is 0. The number of nitrogens with one attached hydrogen (secondary N) is 2. The van der Waals surface area contributed by atoms with E-state index in [0.717, 1.165) is 5.56 Å². The van der Waals surface area contributed by atoms with Gasteiger partial charge in [0.15, 0.2) is 0 Å². The van der Waals surface area contributed by atoms with Gasteiger partial charge in [0.05, 0.1) is 0 Å². The van der Waals surface area contributed by atoms with Crippen molar-refractivity contribution < 1.29 is 43.7 Å². The summed E-state index contributed by atoms with van der Waals surface area (Å²) in [5, 5.41) is 23.6. The summed E-state index contributed by atoms with van der Waals surface area (Å²) in [6.45, 7) is 5.83. The minimum absolute atomic E-state index is 0.0338. The molecule has 2 aromatic rings. The zero-order valence-electron chi connectivity index (χ0n) is 21.3. The van der Waals surface area contributed by atoms with Crippen LogP contribution in [0.25, 0.3) is 0 Å². The van der Waals surface area contributed by atoms with Crippen molar-refractivity contribution in [1.29, 1.82) is 0 Å². The van der Waals surface area contributed by atoms with Crippen LogP contribution in [-0.2, 0) is 27.4 Å². The number of nitrogens with zero attached hydrogens (tertiary/aromatic N) is 1. The Morgan fingerprint density at radius 3 is 2.21 bits per heavy atom. The van der Waals surface area contributed by atoms with Crippen LogP contribution in [0, 0.1) is 0 Å². The molecule has 4 N–H and O–H groups in total. The van der Waals surface area contributed by atoms with Crippen LogP contribution in [0.3, 0.4) is 0 Å². The first kappa shape index (κ1) is 29.6. The van der Waals surface area contributed by atoms with Crippen molar-refractivity contribution in [1.82, 2.24) is 15.5 Å². The molecular formula is C26H31N3O9. The monoisotopic (exact) mass is 529 g/mol. The highest BCUT2D eigenvalue weighted by Gasteiger charge is 2.29. The number of benzene rings is 2. The van der Waals surface area contributed by atoms with E-state index in [0.29, 0.717) is 16.9 Å². The van der Waals surface area contributed by atoms with Crippen LogP contribution in [0.1, 0.15) is 42.3 Å². The molecule has 0 radical (unpaired) electrons. The average molecular weight is 530 g/mol. The summed E-state index contributed by atoms with van der Waals surface area (Å²) in [5.74, 6) is -1.29. The van der Waals surface area contributed by atoms with Gasteiger partial charge in [-0.25, -0.2) is 19.3 Å². The second-order valence-electron chi connectivity index (χ2n) is 9.17. The molecule has 1 atom stereocenters. The van der Waals surface area contributed by atoms with Gasteiger partial charge in [-0.05, 0) is 56.2 Å². The lowest BCUT2D eigenvalue weighted by Gasteiger charge is -2.20. The fourth-order valence-corrected chi connectivity index (χ4v) is 3.23. The predicted molar refractivity (Wildman–Crippen MR) is 135 cm³/mol. The number of rotatable bonds is 12. The predicted octanol–water partition coefficient (Wildman–Crippen LogP) is 2.65. The minimum atomic E-state index is -1.65. The van der Waals surface area contributed by atoms with E-state index in [1.54, 1.807) is 69.3 Å². The van der Waals surface area contributed by atoms with Gasteiger partial charge in [-0.15, -0.1) is 0 Å². The van der Waals surface area contributed by atoms with E-state index in [9.17, 15) is 29.1 Å². The van der Waals surface area contributed by atoms with Crippen LogP contribution < -0.4 is 15.4 Å². The third kappa shape index (κ3) is 9.80. The Morgan fingerprint density at radius 1 is 0.974 bits per heavy atom. The minimum Gasteiger partial charge on any atom is -0.489 e. The number of carboxylic acid groups (broad SMARTS) is 2. The zero-order valence-corrected chi connectivity index (χ0v) is 21.3. The summed E-state index contributed by atoms with van der Waals surface area (Å²) in [6, 6.07) is 11.6.